The van der Waals surface area contributed by atoms with Crippen LogP contribution in [0.1, 0.15) is 0 Å². The van der Waals surface area contributed by atoms with Crippen molar-refractivity contribution in [2.24, 2.45) is 0 Å². The molecule has 0 aliphatic heterocycles. The van der Waals surface area contributed by atoms with Crippen LogP contribution in [0, 0.1) is 5.82 Å². The normalized spacial score (nSPS) is 10.3. The van der Waals surface area contributed by atoms with Gasteiger partial charge in [0.1, 0.15) is 5.52 Å². The number of methoxy groups -OCH3 is 1. The molecule has 0 amide bonds. The number of benzene rings is 1. The molecule has 13 heavy (non-hydrogen) atoms. The Morgan fingerprint density at radius 1 is 1.31 bits per heavy atom. The zero-order chi connectivity index (χ0) is 9.26. The molecule has 0 saturated heterocycles. The fourth-order valence-corrected chi connectivity index (χ4v) is 1.29. The highest BCUT2D eigenvalue weighted by atomic mass is 19.1. The number of hydrogen-bond donors (Lipinski definition) is 0. The molecule has 0 radical (unpaired) electrons. The van der Waals surface area contributed by atoms with Crippen molar-refractivity contribution < 1.29 is 9.13 Å². The molecule has 0 spiro atoms. The van der Waals surface area contributed by atoms with Gasteiger partial charge in [-0.2, -0.15) is 0 Å². The second-order valence-electron chi connectivity index (χ2n) is 2.66. The van der Waals surface area contributed by atoms with Crippen LogP contribution in [-0.4, -0.2) is 12.1 Å². The average Bonchev–Trinajstić information content (AvgIpc) is 2.18. The highest BCUT2D eigenvalue weighted by molar-refractivity contribution is 5.84. The molecule has 3 heteroatoms. The Labute approximate surface area is 75.0 Å². The average molecular weight is 177 g/mol. The van der Waals surface area contributed by atoms with Crippen LogP contribution in [0.3, 0.4) is 0 Å². The van der Waals surface area contributed by atoms with Gasteiger partial charge in [0.2, 0.25) is 0 Å². The van der Waals surface area contributed by atoms with Crippen LogP contribution < -0.4 is 4.74 Å². The van der Waals surface area contributed by atoms with Crippen LogP contribution >= 0.6 is 0 Å². The van der Waals surface area contributed by atoms with Crippen molar-refractivity contribution in [1.29, 1.82) is 0 Å². The van der Waals surface area contributed by atoms with Gasteiger partial charge in [-0.1, -0.05) is 6.07 Å². The molecule has 2 rings (SSSR count). The first-order chi connectivity index (χ1) is 6.33. The van der Waals surface area contributed by atoms with Gasteiger partial charge in [-0.25, -0.2) is 4.39 Å². The second-order valence-corrected chi connectivity index (χ2v) is 2.66. The first-order valence-corrected chi connectivity index (χ1v) is 3.90. The van der Waals surface area contributed by atoms with Gasteiger partial charge in [0, 0.05) is 11.6 Å². The molecule has 2 nitrogen and oxygen atoms in total. The number of aromatic nitrogens is 1. The van der Waals surface area contributed by atoms with Crippen LogP contribution in [0.4, 0.5) is 4.39 Å². The van der Waals surface area contributed by atoms with Crippen molar-refractivity contribution in [3.8, 4) is 5.75 Å². The first-order valence-electron chi connectivity index (χ1n) is 3.90. The van der Waals surface area contributed by atoms with Gasteiger partial charge in [-0.05, 0) is 18.2 Å². The number of fused-ring (bicyclic) bond motifs is 1. The van der Waals surface area contributed by atoms with Gasteiger partial charge in [0.05, 0.1) is 7.11 Å². The SMILES string of the molecule is COc1c(F)ccc2cccnc12. The number of ether oxygens (including phenoxy) is 1. The Balaban J connectivity index is 2.84. The quantitative estimate of drug-likeness (QED) is 0.667. The monoisotopic (exact) mass is 177 g/mol. The summed E-state index contributed by atoms with van der Waals surface area (Å²) >= 11 is 0. The van der Waals surface area contributed by atoms with E-state index in [1.165, 1.54) is 13.2 Å². The van der Waals surface area contributed by atoms with E-state index in [-0.39, 0.29) is 11.6 Å². The lowest BCUT2D eigenvalue weighted by Crippen LogP contribution is -1.90. The third-order valence-electron chi connectivity index (χ3n) is 1.88. The number of hydrogen-bond acceptors (Lipinski definition) is 2. The van der Waals surface area contributed by atoms with Crippen molar-refractivity contribution in [3.63, 3.8) is 0 Å². The predicted octanol–water partition coefficient (Wildman–Crippen LogP) is 2.38. The van der Waals surface area contributed by atoms with E-state index < -0.39 is 0 Å². The highest BCUT2D eigenvalue weighted by Crippen LogP contribution is 2.25. The van der Waals surface area contributed by atoms with Gasteiger partial charge in [0.15, 0.2) is 11.6 Å². The second kappa shape index (κ2) is 3.01. The van der Waals surface area contributed by atoms with E-state index in [2.05, 4.69) is 4.98 Å². The Kier molecular flexibility index (Phi) is 1.85. The summed E-state index contributed by atoms with van der Waals surface area (Å²) in [6.07, 6.45) is 1.62. The highest BCUT2D eigenvalue weighted by Gasteiger charge is 2.07. The van der Waals surface area contributed by atoms with Gasteiger partial charge < -0.3 is 4.74 Å². The fourth-order valence-electron chi connectivity index (χ4n) is 1.29. The lowest BCUT2D eigenvalue weighted by atomic mass is 10.2. The number of rotatable bonds is 1. The van der Waals surface area contributed by atoms with Gasteiger partial charge in [-0.3, -0.25) is 4.98 Å². The van der Waals surface area contributed by atoms with Crippen molar-refractivity contribution in [3.05, 3.63) is 36.3 Å². The third kappa shape index (κ3) is 1.22. The molecule has 2 aromatic rings. The van der Waals surface area contributed by atoms with Crippen molar-refractivity contribution in [1.82, 2.24) is 4.98 Å². The van der Waals surface area contributed by atoms with Crippen molar-refractivity contribution in [2.45, 2.75) is 0 Å². The Morgan fingerprint density at radius 2 is 2.15 bits per heavy atom. The molecule has 0 aliphatic rings. The third-order valence-corrected chi connectivity index (χ3v) is 1.88. The summed E-state index contributed by atoms with van der Waals surface area (Å²) in [6.45, 7) is 0. The molecule has 1 aromatic heterocycles. The largest absolute Gasteiger partial charge is 0.491 e. The Morgan fingerprint density at radius 3 is 2.92 bits per heavy atom. The van der Waals surface area contributed by atoms with Crippen LogP contribution in [0.15, 0.2) is 30.5 Å². The first kappa shape index (κ1) is 7.98. The molecule has 0 fully saturated rings. The molecule has 0 atom stereocenters. The lowest BCUT2D eigenvalue weighted by molar-refractivity contribution is 0.391. The maximum atomic E-state index is 13.2. The summed E-state index contributed by atoms with van der Waals surface area (Å²) in [6, 6.07) is 6.73. The molecule has 0 bridgehead atoms. The van der Waals surface area contributed by atoms with Crippen molar-refractivity contribution in [2.75, 3.05) is 7.11 Å². The van der Waals surface area contributed by atoms with Crippen LogP contribution in [-0.2, 0) is 0 Å². The molecule has 1 heterocycles. The minimum atomic E-state index is -0.381. The maximum absolute atomic E-state index is 13.2. The topological polar surface area (TPSA) is 22.1 Å². The Hall–Kier alpha value is -1.64. The minimum absolute atomic E-state index is 0.207. The molecular formula is C10H8FNO. The summed E-state index contributed by atoms with van der Waals surface area (Å²) in [5.74, 6) is -0.174. The molecule has 0 N–H and O–H groups in total. The van der Waals surface area contributed by atoms with Gasteiger partial charge in [0.25, 0.3) is 0 Å². The predicted molar refractivity (Wildman–Crippen MR) is 48.3 cm³/mol. The van der Waals surface area contributed by atoms with Crippen LogP contribution in [0.5, 0.6) is 5.75 Å². The number of nitrogens with zero attached hydrogens (tertiary/aromatic N) is 1. The smallest absolute Gasteiger partial charge is 0.180 e. The molecule has 0 aliphatic carbocycles. The van der Waals surface area contributed by atoms with E-state index in [0.29, 0.717) is 5.52 Å². The lowest BCUT2D eigenvalue weighted by Gasteiger charge is -2.04. The molecule has 0 unspecified atom stereocenters. The number of pyridine rings is 1. The van der Waals surface area contributed by atoms with E-state index in [1.807, 2.05) is 6.07 Å². The van der Waals surface area contributed by atoms with E-state index >= 15 is 0 Å². The van der Waals surface area contributed by atoms with Gasteiger partial charge in [-0.15, -0.1) is 0 Å². The van der Waals surface area contributed by atoms with E-state index in [4.69, 9.17) is 4.74 Å². The fraction of sp³-hybridized carbons (Fsp3) is 0.100. The molecule has 1 aromatic carbocycles. The zero-order valence-electron chi connectivity index (χ0n) is 7.12. The zero-order valence-corrected chi connectivity index (χ0v) is 7.12. The summed E-state index contributed by atoms with van der Waals surface area (Å²) in [7, 11) is 1.44. The summed E-state index contributed by atoms with van der Waals surface area (Å²) in [5, 5.41) is 0.876. The number of halogens is 1. The van der Waals surface area contributed by atoms with Crippen LogP contribution in [0.25, 0.3) is 10.9 Å². The maximum Gasteiger partial charge on any atom is 0.180 e. The van der Waals surface area contributed by atoms with E-state index in [1.54, 1.807) is 18.3 Å². The standard InChI is InChI=1S/C10H8FNO/c1-13-10-8(11)5-4-7-3-2-6-12-9(7)10/h2-6H,1H3. The Bertz CT molecular complexity index is 442. The van der Waals surface area contributed by atoms with E-state index in [9.17, 15) is 4.39 Å². The van der Waals surface area contributed by atoms with Gasteiger partial charge >= 0.3 is 0 Å². The molecule has 66 valence electrons. The van der Waals surface area contributed by atoms with E-state index in [0.717, 1.165) is 5.39 Å². The van der Waals surface area contributed by atoms with Crippen molar-refractivity contribution >= 4 is 10.9 Å². The minimum Gasteiger partial charge on any atom is -0.491 e. The molecule has 0 saturated carbocycles. The molecular weight excluding hydrogens is 169 g/mol. The summed E-state index contributed by atoms with van der Waals surface area (Å²) in [4.78, 5) is 4.05. The summed E-state index contributed by atoms with van der Waals surface area (Å²) < 4.78 is 18.1. The van der Waals surface area contributed by atoms with Crippen LogP contribution in [0.2, 0.25) is 0 Å². The summed E-state index contributed by atoms with van der Waals surface area (Å²) in [5.41, 5.74) is 0.560.